The number of hydrogen-bond acceptors (Lipinski definition) is 3. The summed E-state index contributed by atoms with van der Waals surface area (Å²) < 4.78 is 1.51. The number of fused-ring (bicyclic) bond motifs is 1. The Morgan fingerprint density at radius 1 is 1.04 bits per heavy atom. The molecule has 0 saturated carbocycles. The second-order valence-corrected chi connectivity index (χ2v) is 6.13. The van der Waals surface area contributed by atoms with Crippen molar-refractivity contribution in [1.29, 1.82) is 0 Å². The molecule has 0 spiro atoms. The zero-order valence-electron chi connectivity index (χ0n) is 13.4. The van der Waals surface area contributed by atoms with Crippen molar-refractivity contribution in [3.8, 4) is 5.69 Å². The number of carbonyl (C=O) groups excluding carboxylic acids is 2. The highest BCUT2D eigenvalue weighted by Gasteiger charge is 2.51. The van der Waals surface area contributed by atoms with Gasteiger partial charge in [-0.3, -0.25) is 19.1 Å². The van der Waals surface area contributed by atoms with Crippen molar-refractivity contribution in [3.63, 3.8) is 0 Å². The van der Waals surface area contributed by atoms with Crippen molar-refractivity contribution in [2.24, 2.45) is 5.73 Å². The number of nitrogens with two attached hydrogens (primary N) is 1. The van der Waals surface area contributed by atoms with E-state index in [2.05, 4.69) is 0 Å². The van der Waals surface area contributed by atoms with Gasteiger partial charge < -0.3 is 10.6 Å². The van der Waals surface area contributed by atoms with Crippen molar-refractivity contribution >= 4 is 17.6 Å². The molecular weight excluding hydrogens is 320 g/mol. The van der Waals surface area contributed by atoms with Crippen molar-refractivity contribution in [2.45, 2.75) is 18.5 Å². The molecule has 3 amide bonds. The molecule has 7 nitrogen and oxygen atoms in total. The third-order valence-electron chi connectivity index (χ3n) is 4.71. The molecule has 1 radical (unpaired) electrons. The molecule has 2 aliphatic rings. The fraction of sp³-hybridized carbons (Fsp3) is 0.222. The molecular formula is C18H17N4O3. The summed E-state index contributed by atoms with van der Waals surface area (Å²) in [5.74, 6) is -0.526. The SMILES string of the molecule is NC(=O)C1[C@H]2[CH]CCN2C(=O)N1c1ccc(-n2ccccc2=O)cc1. The van der Waals surface area contributed by atoms with Crippen LogP contribution in [0.3, 0.4) is 0 Å². The van der Waals surface area contributed by atoms with Gasteiger partial charge in [0.25, 0.3) is 5.56 Å². The Morgan fingerprint density at radius 2 is 1.76 bits per heavy atom. The fourth-order valence-electron chi connectivity index (χ4n) is 3.57. The van der Waals surface area contributed by atoms with Crippen LogP contribution >= 0.6 is 0 Å². The summed E-state index contributed by atoms with van der Waals surface area (Å²) in [5, 5.41) is 0. The largest absolute Gasteiger partial charge is 0.368 e. The first kappa shape index (κ1) is 15.4. The third kappa shape index (κ3) is 2.39. The zero-order chi connectivity index (χ0) is 17.6. The van der Waals surface area contributed by atoms with Crippen LogP contribution in [0.1, 0.15) is 6.42 Å². The Kier molecular flexibility index (Phi) is 3.56. The van der Waals surface area contributed by atoms with Crippen LogP contribution in [0.4, 0.5) is 10.5 Å². The van der Waals surface area contributed by atoms with E-state index in [0.29, 0.717) is 17.9 Å². The number of nitrogens with zero attached hydrogens (tertiary/aromatic N) is 3. The lowest BCUT2D eigenvalue weighted by molar-refractivity contribution is -0.119. The molecule has 1 unspecified atom stereocenters. The number of carbonyl (C=O) groups is 2. The maximum Gasteiger partial charge on any atom is 0.325 e. The first-order valence-electron chi connectivity index (χ1n) is 8.08. The summed E-state index contributed by atoms with van der Waals surface area (Å²) in [6.45, 7) is 0.598. The summed E-state index contributed by atoms with van der Waals surface area (Å²) in [5.41, 5.74) is 6.69. The Morgan fingerprint density at radius 3 is 2.44 bits per heavy atom. The number of primary amides is 1. The van der Waals surface area contributed by atoms with Gasteiger partial charge in [-0.25, -0.2) is 4.79 Å². The highest BCUT2D eigenvalue weighted by Crippen LogP contribution is 2.34. The number of urea groups is 1. The van der Waals surface area contributed by atoms with Gasteiger partial charge in [-0.2, -0.15) is 0 Å². The molecule has 2 aromatic rings. The molecule has 127 valence electrons. The van der Waals surface area contributed by atoms with Crippen LogP contribution in [0.15, 0.2) is 53.5 Å². The van der Waals surface area contributed by atoms with Gasteiger partial charge in [0, 0.05) is 30.2 Å². The van der Waals surface area contributed by atoms with Gasteiger partial charge in [-0.15, -0.1) is 0 Å². The molecule has 3 heterocycles. The van der Waals surface area contributed by atoms with E-state index in [4.69, 9.17) is 5.73 Å². The minimum Gasteiger partial charge on any atom is -0.368 e. The lowest BCUT2D eigenvalue weighted by atomic mass is 10.1. The highest BCUT2D eigenvalue weighted by molar-refractivity contribution is 6.04. The van der Waals surface area contributed by atoms with E-state index >= 15 is 0 Å². The van der Waals surface area contributed by atoms with Gasteiger partial charge in [0.15, 0.2) is 0 Å². The number of aromatic nitrogens is 1. The van der Waals surface area contributed by atoms with E-state index in [-0.39, 0.29) is 17.6 Å². The van der Waals surface area contributed by atoms with E-state index in [9.17, 15) is 14.4 Å². The van der Waals surface area contributed by atoms with Gasteiger partial charge in [0.1, 0.15) is 6.04 Å². The molecule has 7 heteroatoms. The smallest absolute Gasteiger partial charge is 0.325 e. The van der Waals surface area contributed by atoms with Crippen molar-refractivity contribution in [2.75, 3.05) is 11.4 Å². The molecule has 2 saturated heterocycles. The molecule has 2 N–H and O–H groups in total. The zero-order valence-corrected chi connectivity index (χ0v) is 13.4. The number of benzene rings is 1. The quantitative estimate of drug-likeness (QED) is 0.903. The molecule has 4 rings (SSSR count). The first-order valence-corrected chi connectivity index (χ1v) is 8.08. The van der Waals surface area contributed by atoms with Crippen LogP contribution in [0.2, 0.25) is 0 Å². The molecule has 25 heavy (non-hydrogen) atoms. The van der Waals surface area contributed by atoms with Gasteiger partial charge in [0.05, 0.1) is 6.04 Å². The average molecular weight is 337 g/mol. The van der Waals surface area contributed by atoms with Gasteiger partial charge in [-0.1, -0.05) is 6.07 Å². The second-order valence-electron chi connectivity index (χ2n) is 6.13. The van der Waals surface area contributed by atoms with Gasteiger partial charge >= 0.3 is 6.03 Å². The predicted octanol–water partition coefficient (Wildman–Crippen LogP) is 0.910. The number of rotatable bonds is 3. The Hall–Kier alpha value is -3.09. The minimum absolute atomic E-state index is 0.141. The van der Waals surface area contributed by atoms with Gasteiger partial charge in [0.2, 0.25) is 5.91 Å². The van der Waals surface area contributed by atoms with E-state index < -0.39 is 11.9 Å². The maximum atomic E-state index is 12.7. The standard InChI is InChI=1S/C18H17N4O3/c19-17(24)16-14-4-3-11-21(14)18(25)22(16)13-8-6-12(7-9-13)20-10-2-1-5-15(20)23/h1-2,4-10,14,16H,3,11H2,(H2,19,24)/t14-,16?/m1/s1. The van der Waals surface area contributed by atoms with Crippen LogP contribution in [0.5, 0.6) is 0 Å². The summed E-state index contributed by atoms with van der Waals surface area (Å²) in [6.07, 6.45) is 4.41. The molecule has 2 atom stereocenters. The number of amides is 3. The lowest BCUT2D eigenvalue weighted by Gasteiger charge is -2.23. The number of hydrogen-bond donors (Lipinski definition) is 1. The molecule has 0 aliphatic carbocycles. The van der Waals surface area contributed by atoms with Crippen molar-refractivity contribution in [3.05, 3.63) is 65.4 Å². The maximum absolute atomic E-state index is 12.7. The highest BCUT2D eigenvalue weighted by atomic mass is 16.2. The van der Waals surface area contributed by atoms with E-state index in [1.54, 1.807) is 47.5 Å². The molecule has 2 aliphatic heterocycles. The minimum atomic E-state index is -0.708. The summed E-state index contributed by atoms with van der Waals surface area (Å²) in [6, 6.07) is 10.7. The molecule has 1 aromatic heterocycles. The molecule has 1 aromatic carbocycles. The normalized spacial score (nSPS) is 22.3. The average Bonchev–Trinajstić information content (AvgIpc) is 3.18. The fourth-order valence-corrected chi connectivity index (χ4v) is 3.57. The predicted molar refractivity (Wildman–Crippen MR) is 92.3 cm³/mol. The third-order valence-corrected chi connectivity index (χ3v) is 4.71. The summed E-state index contributed by atoms with van der Waals surface area (Å²) >= 11 is 0. The second kappa shape index (κ2) is 5.77. The monoisotopic (exact) mass is 337 g/mol. The summed E-state index contributed by atoms with van der Waals surface area (Å²) in [7, 11) is 0. The number of pyridine rings is 1. The Balaban J connectivity index is 1.70. The summed E-state index contributed by atoms with van der Waals surface area (Å²) in [4.78, 5) is 39.7. The van der Waals surface area contributed by atoms with Crippen LogP contribution in [0.25, 0.3) is 5.69 Å². The Labute approximate surface area is 144 Å². The molecule has 2 fully saturated rings. The lowest BCUT2D eigenvalue weighted by Crippen LogP contribution is -2.46. The van der Waals surface area contributed by atoms with Crippen LogP contribution < -0.4 is 16.2 Å². The van der Waals surface area contributed by atoms with Crippen LogP contribution in [-0.2, 0) is 4.79 Å². The van der Waals surface area contributed by atoms with Crippen LogP contribution in [0, 0.1) is 6.42 Å². The van der Waals surface area contributed by atoms with E-state index in [0.717, 1.165) is 6.42 Å². The van der Waals surface area contributed by atoms with Crippen molar-refractivity contribution < 1.29 is 9.59 Å². The topological polar surface area (TPSA) is 88.6 Å². The van der Waals surface area contributed by atoms with E-state index in [1.807, 2.05) is 6.42 Å². The first-order chi connectivity index (χ1) is 12.1. The van der Waals surface area contributed by atoms with Crippen molar-refractivity contribution in [1.82, 2.24) is 9.47 Å². The Bertz CT molecular complexity index is 890. The van der Waals surface area contributed by atoms with E-state index in [1.165, 1.54) is 15.5 Å². The van der Waals surface area contributed by atoms with Crippen LogP contribution in [-0.4, -0.2) is 40.0 Å². The number of anilines is 1. The molecule has 0 bridgehead atoms. The van der Waals surface area contributed by atoms with Gasteiger partial charge in [-0.05, 0) is 43.2 Å².